The van der Waals surface area contributed by atoms with E-state index in [1.54, 1.807) is 36.0 Å². The van der Waals surface area contributed by atoms with Crippen LogP contribution in [0.2, 0.25) is 0 Å². The minimum absolute atomic E-state index is 0.121. The van der Waals surface area contributed by atoms with Crippen molar-refractivity contribution in [3.8, 4) is 0 Å². The molecule has 0 bridgehead atoms. The normalized spacial score (nSPS) is 11.3. The molecule has 0 fully saturated rings. The van der Waals surface area contributed by atoms with Gasteiger partial charge < -0.3 is 0 Å². The summed E-state index contributed by atoms with van der Waals surface area (Å²) >= 11 is 1.55. The summed E-state index contributed by atoms with van der Waals surface area (Å²) in [6.45, 7) is 0. The van der Waals surface area contributed by atoms with Gasteiger partial charge in [-0.25, -0.2) is 8.42 Å². The summed E-state index contributed by atoms with van der Waals surface area (Å²) in [6.07, 6.45) is 1.65. The lowest BCUT2D eigenvalue weighted by Crippen LogP contribution is -2.00. The van der Waals surface area contributed by atoms with Crippen LogP contribution in [0.15, 0.2) is 64.4 Å². The number of ketones is 1. The molecule has 0 amide bonds. The number of carbonyl (C=O) groups excluding carboxylic acids is 1. The van der Waals surface area contributed by atoms with Crippen molar-refractivity contribution in [2.75, 3.05) is 12.0 Å². The fraction of sp³-hybridized carbons (Fsp3) is 0.188. The fourth-order valence-electron chi connectivity index (χ4n) is 1.81. The van der Waals surface area contributed by atoms with Crippen molar-refractivity contribution >= 4 is 27.4 Å². The van der Waals surface area contributed by atoms with Crippen LogP contribution in [0.5, 0.6) is 0 Å². The Kier molecular flexibility index (Phi) is 5.20. The zero-order chi connectivity index (χ0) is 15.3. The van der Waals surface area contributed by atoms with E-state index in [1.165, 1.54) is 6.26 Å². The Morgan fingerprint density at radius 1 is 1.00 bits per heavy atom. The van der Waals surface area contributed by atoms with Gasteiger partial charge in [0.2, 0.25) is 0 Å². The van der Waals surface area contributed by atoms with Gasteiger partial charge in [0.05, 0.1) is 4.90 Å². The van der Waals surface area contributed by atoms with Crippen molar-refractivity contribution in [1.29, 1.82) is 0 Å². The Balaban J connectivity index is 1.88. The van der Waals surface area contributed by atoms with Gasteiger partial charge in [-0.05, 0) is 24.3 Å². The van der Waals surface area contributed by atoms with Crippen LogP contribution >= 0.6 is 11.8 Å². The Bertz CT molecular complexity index is 705. The van der Waals surface area contributed by atoms with Crippen LogP contribution in [0, 0.1) is 0 Å². The lowest BCUT2D eigenvalue weighted by Gasteiger charge is -2.03. The Hall–Kier alpha value is -1.59. The molecule has 21 heavy (non-hydrogen) atoms. The molecule has 0 spiro atoms. The lowest BCUT2D eigenvalue weighted by atomic mass is 10.1. The van der Waals surface area contributed by atoms with Crippen LogP contribution in [-0.4, -0.2) is 26.2 Å². The molecule has 110 valence electrons. The molecule has 3 nitrogen and oxygen atoms in total. The van der Waals surface area contributed by atoms with Gasteiger partial charge in [-0.3, -0.25) is 4.79 Å². The molecule has 0 unspecified atom stereocenters. The number of rotatable bonds is 6. The van der Waals surface area contributed by atoms with E-state index in [0.717, 1.165) is 10.5 Å². The van der Waals surface area contributed by atoms with Gasteiger partial charge in [-0.2, -0.15) is 0 Å². The second kappa shape index (κ2) is 6.91. The van der Waals surface area contributed by atoms with E-state index in [-0.39, 0.29) is 5.78 Å². The molecule has 0 saturated heterocycles. The maximum Gasteiger partial charge on any atom is 0.175 e. The quantitative estimate of drug-likeness (QED) is 0.604. The molecule has 0 radical (unpaired) electrons. The summed E-state index contributed by atoms with van der Waals surface area (Å²) in [7, 11) is -3.15. The summed E-state index contributed by atoms with van der Waals surface area (Å²) < 4.78 is 22.7. The van der Waals surface area contributed by atoms with Crippen LogP contribution in [0.25, 0.3) is 0 Å². The summed E-state index contributed by atoms with van der Waals surface area (Å²) in [5.41, 5.74) is 0.727. The van der Waals surface area contributed by atoms with Crippen molar-refractivity contribution in [3.05, 3.63) is 60.2 Å². The van der Waals surface area contributed by atoms with E-state index >= 15 is 0 Å². The highest BCUT2D eigenvalue weighted by atomic mass is 32.2. The molecule has 2 aromatic carbocycles. The molecule has 0 saturated carbocycles. The number of benzene rings is 2. The van der Waals surface area contributed by atoms with Crippen LogP contribution in [-0.2, 0) is 9.84 Å². The molecule has 2 rings (SSSR count). The number of hydrogen-bond acceptors (Lipinski definition) is 4. The van der Waals surface area contributed by atoms with E-state index < -0.39 is 9.84 Å². The van der Waals surface area contributed by atoms with Gasteiger partial charge in [0.15, 0.2) is 15.6 Å². The smallest absolute Gasteiger partial charge is 0.175 e. The lowest BCUT2D eigenvalue weighted by molar-refractivity contribution is 0.0989. The Morgan fingerprint density at radius 2 is 1.62 bits per heavy atom. The minimum atomic E-state index is -3.15. The third-order valence-corrected chi connectivity index (χ3v) is 5.09. The first-order valence-electron chi connectivity index (χ1n) is 6.48. The molecule has 0 atom stereocenters. The van der Waals surface area contributed by atoms with Crippen LogP contribution < -0.4 is 0 Å². The molecule has 5 heteroatoms. The predicted octanol–water partition coefficient (Wildman–Crippen LogP) is 3.46. The average Bonchev–Trinajstić information content (AvgIpc) is 2.47. The second-order valence-electron chi connectivity index (χ2n) is 4.63. The number of thioether (sulfide) groups is 1. The summed E-state index contributed by atoms with van der Waals surface area (Å²) in [6, 6.07) is 15.9. The van der Waals surface area contributed by atoms with Crippen molar-refractivity contribution in [2.45, 2.75) is 16.2 Å². The maximum atomic E-state index is 11.9. The molecule has 0 heterocycles. The number of carbonyl (C=O) groups is 1. The van der Waals surface area contributed by atoms with Crippen LogP contribution in [0.4, 0.5) is 0 Å². The van der Waals surface area contributed by atoms with Gasteiger partial charge in [0.1, 0.15) is 0 Å². The first-order chi connectivity index (χ1) is 9.97. The molecule has 0 aliphatic heterocycles. The maximum absolute atomic E-state index is 11.9. The van der Waals surface area contributed by atoms with Gasteiger partial charge in [-0.1, -0.05) is 30.3 Å². The highest BCUT2D eigenvalue weighted by Crippen LogP contribution is 2.21. The minimum Gasteiger partial charge on any atom is -0.294 e. The zero-order valence-corrected chi connectivity index (χ0v) is 13.3. The highest BCUT2D eigenvalue weighted by molar-refractivity contribution is 7.99. The van der Waals surface area contributed by atoms with E-state index in [9.17, 15) is 13.2 Å². The monoisotopic (exact) mass is 320 g/mol. The fourth-order valence-corrected chi connectivity index (χ4v) is 3.30. The Labute approximate surface area is 129 Å². The molecular weight excluding hydrogens is 304 g/mol. The summed E-state index contributed by atoms with van der Waals surface area (Å²) in [4.78, 5) is 13.2. The van der Waals surface area contributed by atoms with Crippen LogP contribution in [0.1, 0.15) is 16.8 Å². The summed E-state index contributed by atoms with van der Waals surface area (Å²) in [5, 5.41) is 0. The topological polar surface area (TPSA) is 51.2 Å². The summed E-state index contributed by atoms with van der Waals surface area (Å²) in [5.74, 6) is 0.794. The SMILES string of the molecule is CS(=O)(=O)c1ccc(SCCC(=O)c2ccccc2)cc1. The molecule has 0 aliphatic rings. The zero-order valence-electron chi connectivity index (χ0n) is 11.7. The third-order valence-electron chi connectivity index (χ3n) is 2.95. The van der Waals surface area contributed by atoms with Gasteiger partial charge >= 0.3 is 0 Å². The molecule has 0 aliphatic carbocycles. The standard InChI is InChI=1S/C16H16O3S2/c1-21(18,19)15-9-7-14(8-10-15)20-12-11-16(17)13-5-3-2-4-6-13/h2-10H,11-12H2,1H3. The molecule has 2 aromatic rings. The first kappa shape index (κ1) is 15.8. The van der Waals surface area contributed by atoms with Crippen molar-refractivity contribution in [3.63, 3.8) is 0 Å². The molecule has 0 N–H and O–H groups in total. The Morgan fingerprint density at radius 3 is 2.19 bits per heavy atom. The third kappa shape index (κ3) is 4.72. The van der Waals surface area contributed by atoms with E-state index in [4.69, 9.17) is 0 Å². The van der Waals surface area contributed by atoms with E-state index in [0.29, 0.717) is 17.1 Å². The average molecular weight is 320 g/mol. The van der Waals surface area contributed by atoms with Crippen LogP contribution in [0.3, 0.4) is 0 Å². The van der Waals surface area contributed by atoms with Gasteiger partial charge in [0, 0.05) is 28.9 Å². The highest BCUT2D eigenvalue weighted by Gasteiger charge is 2.07. The number of Topliss-reactive ketones (excluding diaryl/α,β-unsaturated/α-hetero) is 1. The second-order valence-corrected chi connectivity index (χ2v) is 7.82. The number of sulfone groups is 1. The van der Waals surface area contributed by atoms with Crippen molar-refractivity contribution in [2.24, 2.45) is 0 Å². The van der Waals surface area contributed by atoms with Crippen molar-refractivity contribution in [1.82, 2.24) is 0 Å². The molecule has 0 aromatic heterocycles. The number of hydrogen-bond donors (Lipinski definition) is 0. The van der Waals surface area contributed by atoms with Gasteiger partial charge in [-0.15, -0.1) is 11.8 Å². The molecular formula is C16H16O3S2. The van der Waals surface area contributed by atoms with E-state index in [2.05, 4.69) is 0 Å². The first-order valence-corrected chi connectivity index (χ1v) is 9.36. The van der Waals surface area contributed by atoms with E-state index in [1.807, 2.05) is 30.3 Å². The van der Waals surface area contributed by atoms with Gasteiger partial charge in [0.25, 0.3) is 0 Å². The largest absolute Gasteiger partial charge is 0.294 e. The van der Waals surface area contributed by atoms with Crippen molar-refractivity contribution < 1.29 is 13.2 Å². The predicted molar refractivity (Wildman–Crippen MR) is 85.7 cm³/mol.